The van der Waals surface area contributed by atoms with E-state index < -0.39 is 13.5 Å². The van der Waals surface area contributed by atoms with Crippen molar-refractivity contribution in [3.05, 3.63) is 220 Å². The standard InChI is InChI=1S/C60H53NSi/c1-57(2,3)38-29-32-42-43-33-30-39(58(4,5)6)36-55(43)62(54(42)35-38)53-28-18-9-19-41(53)44-34-31-40(37-56(44)62)61-51-26-16-14-24-49(51)60(50-25-15-17-27-52(50)61)47-22-12-10-20-45(47)59(7,8)46-21-11-13-23-48(46)60/h9-37H,1-8H3. The summed E-state index contributed by atoms with van der Waals surface area (Å²) in [5.74, 6) is 0. The summed E-state index contributed by atoms with van der Waals surface area (Å²) in [6.45, 7) is 19.0. The van der Waals surface area contributed by atoms with Crippen molar-refractivity contribution < 1.29 is 0 Å². The number of anilines is 3. The zero-order valence-electron chi connectivity index (χ0n) is 37.2. The fourth-order valence-corrected chi connectivity index (χ4v) is 18.0. The van der Waals surface area contributed by atoms with Crippen LogP contribution in [0, 0.1) is 0 Å². The third-order valence-corrected chi connectivity index (χ3v) is 20.2. The van der Waals surface area contributed by atoms with Crippen LogP contribution in [0.15, 0.2) is 176 Å². The van der Waals surface area contributed by atoms with E-state index in [0.29, 0.717) is 0 Å². The molecule has 0 saturated heterocycles. The molecule has 0 N–H and O–H groups in total. The van der Waals surface area contributed by atoms with Gasteiger partial charge in [-0.1, -0.05) is 207 Å². The van der Waals surface area contributed by atoms with E-state index >= 15 is 0 Å². The zero-order valence-corrected chi connectivity index (χ0v) is 38.2. The topological polar surface area (TPSA) is 3.24 Å². The first-order valence-electron chi connectivity index (χ1n) is 22.5. The minimum Gasteiger partial charge on any atom is -0.310 e. The van der Waals surface area contributed by atoms with Gasteiger partial charge in [0.25, 0.3) is 0 Å². The first-order chi connectivity index (χ1) is 29.8. The molecule has 0 aromatic heterocycles. The third kappa shape index (κ3) is 4.63. The molecule has 0 amide bonds. The number of fused-ring (bicyclic) bond motifs is 18. The Morgan fingerprint density at radius 2 is 0.758 bits per heavy atom. The van der Waals surface area contributed by atoms with Gasteiger partial charge in [-0.25, -0.2) is 0 Å². The molecule has 0 fully saturated rings. The maximum Gasteiger partial charge on any atom is 0.182 e. The van der Waals surface area contributed by atoms with Gasteiger partial charge in [0.1, 0.15) is 0 Å². The van der Waals surface area contributed by atoms with Crippen LogP contribution in [0.4, 0.5) is 17.1 Å². The molecule has 3 heterocycles. The number of benzene rings is 8. The molecule has 0 atom stereocenters. The lowest BCUT2D eigenvalue weighted by Gasteiger charge is -2.52. The van der Waals surface area contributed by atoms with Gasteiger partial charge in [-0.05, 0) is 123 Å². The van der Waals surface area contributed by atoms with Gasteiger partial charge in [-0.3, -0.25) is 0 Å². The van der Waals surface area contributed by atoms with Crippen molar-refractivity contribution in [1.82, 2.24) is 0 Å². The highest BCUT2D eigenvalue weighted by Gasteiger charge is 2.56. The smallest absolute Gasteiger partial charge is 0.182 e. The zero-order chi connectivity index (χ0) is 42.6. The highest BCUT2D eigenvalue weighted by molar-refractivity contribution is 7.24. The number of hydrogen-bond donors (Lipinski definition) is 0. The van der Waals surface area contributed by atoms with Crippen LogP contribution in [-0.4, -0.2) is 8.07 Å². The van der Waals surface area contributed by atoms with E-state index in [4.69, 9.17) is 0 Å². The Bertz CT molecular complexity index is 3040. The highest BCUT2D eigenvalue weighted by Crippen LogP contribution is 2.62. The van der Waals surface area contributed by atoms with Crippen LogP contribution in [0.25, 0.3) is 22.3 Å². The van der Waals surface area contributed by atoms with Crippen molar-refractivity contribution >= 4 is 45.9 Å². The predicted molar refractivity (Wildman–Crippen MR) is 264 cm³/mol. The second kappa shape index (κ2) is 12.5. The molecule has 8 aromatic rings. The summed E-state index contributed by atoms with van der Waals surface area (Å²) in [6.07, 6.45) is 0. The van der Waals surface area contributed by atoms with Crippen LogP contribution < -0.4 is 25.6 Å². The molecule has 0 radical (unpaired) electrons. The number of hydrogen-bond acceptors (Lipinski definition) is 1. The molecule has 302 valence electrons. The molecule has 12 rings (SSSR count). The van der Waals surface area contributed by atoms with Crippen LogP contribution >= 0.6 is 0 Å². The van der Waals surface area contributed by atoms with Crippen molar-refractivity contribution in [2.45, 2.75) is 77.0 Å². The van der Waals surface area contributed by atoms with Gasteiger partial charge >= 0.3 is 0 Å². The predicted octanol–water partition coefficient (Wildman–Crippen LogP) is 12.4. The van der Waals surface area contributed by atoms with Crippen LogP contribution in [0.2, 0.25) is 0 Å². The molecular weight excluding hydrogens is 763 g/mol. The van der Waals surface area contributed by atoms with E-state index in [9.17, 15) is 0 Å². The molecule has 1 aliphatic carbocycles. The van der Waals surface area contributed by atoms with Crippen molar-refractivity contribution in [2.75, 3.05) is 4.90 Å². The first-order valence-corrected chi connectivity index (χ1v) is 24.5. The van der Waals surface area contributed by atoms with Gasteiger partial charge < -0.3 is 4.90 Å². The summed E-state index contributed by atoms with van der Waals surface area (Å²) < 4.78 is 0. The summed E-state index contributed by atoms with van der Waals surface area (Å²) in [5.41, 5.74) is 19.6. The molecule has 2 heteroatoms. The van der Waals surface area contributed by atoms with E-state index in [-0.39, 0.29) is 16.2 Å². The molecule has 62 heavy (non-hydrogen) atoms. The van der Waals surface area contributed by atoms with Gasteiger partial charge in [0.05, 0.1) is 16.8 Å². The van der Waals surface area contributed by atoms with E-state index in [1.54, 1.807) is 0 Å². The quantitative estimate of drug-likeness (QED) is 0.149. The maximum absolute atomic E-state index is 2.83. The Balaban J connectivity index is 1.17. The minimum absolute atomic E-state index is 0.0154. The Kier molecular flexibility index (Phi) is 7.54. The van der Waals surface area contributed by atoms with Crippen molar-refractivity contribution in [3.63, 3.8) is 0 Å². The lowest BCUT2D eigenvalue weighted by Crippen LogP contribution is -2.71. The molecule has 1 nitrogen and oxygen atoms in total. The Morgan fingerprint density at radius 3 is 1.26 bits per heavy atom. The fraction of sp³-hybridized carbons (Fsp3) is 0.200. The second-order valence-corrected chi connectivity index (χ2v) is 24.5. The molecule has 2 spiro atoms. The third-order valence-electron chi connectivity index (χ3n) is 15.3. The number of para-hydroxylation sites is 2. The SMILES string of the molecule is CC(C)(C)c1ccc2c(c1)[Si]1(c3ccccc3-c3ccc(N4c5ccccc5C5(c6ccccc64)c4ccccc4C(C)(C)c4ccccc45)cc31)c1cc(C(C)(C)C)ccc1-2. The molecular formula is C60H53NSi. The number of rotatable bonds is 1. The Hall–Kier alpha value is -6.22. The van der Waals surface area contributed by atoms with Gasteiger partial charge in [0.2, 0.25) is 0 Å². The molecule has 8 aromatic carbocycles. The number of nitrogens with zero attached hydrogens (tertiary/aromatic N) is 1. The van der Waals surface area contributed by atoms with Crippen molar-refractivity contribution in [1.29, 1.82) is 0 Å². The lowest BCUT2D eigenvalue weighted by molar-refractivity contribution is 0.556. The molecule has 4 aliphatic rings. The summed E-state index contributed by atoms with van der Waals surface area (Å²) in [4.78, 5) is 2.60. The lowest BCUT2D eigenvalue weighted by atomic mass is 9.53. The van der Waals surface area contributed by atoms with Gasteiger partial charge in [0.15, 0.2) is 8.07 Å². The molecule has 0 unspecified atom stereocenters. The average Bonchev–Trinajstić information content (AvgIpc) is 3.73. The highest BCUT2D eigenvalue weighted by atomic mass is 28.3. The van der Waals surface area contributed by atoms with Gasteiger partial charge in [-0.15, -0.1) is 0 Å². The summed E-state index contributed by atoms with van der Waals surface area (Å²) in [5, 5.41) is 6.08. The van der Waals surface area contributed by atoms with Crippen LogP contribution in [0.5, 0.6) is 0 Å². The Morgan fingerprint density at radius 1 is 0.371 bits per heavy atom. The summed E-state index contributed by atoms with van der Waals surface area (Å²) in [6, 6.07) is 68.9. The van der Waals surface area contributed by atoms with Crippen LogP contribution in [0.1, 0.15) is 99.9 Å². The van der Waals surface area contributed by atoms with Gasteiger partial charge in [0, 0.05) is 11.1 Å². The summed E-state index contributed by atoms with van der Waals surface area (Å²) in [7, 11) is -2.83. The Labute approximate surface area is 368 Å². The maximum atomic E-state index is 2.63. The monoisotopic (exact) mass is 815 g/mol. The van der Waals surface area contributed by atoms with Gasteiger partial charge in [-0.2, -0.15) is 0 Å². The molecule has 0 saturated carbocycles. The normalized spacial score (nSPS) is 16.4. The van der Waals surface area contributed by atoms with Crippen LogP contribution in [-0.2, 0) is 21.7 Å². The minimum atomic E-state index is -2.83. The van der Waals surface area contributed by atoms with Crippen molar-refractivity contribution in [3.8, 4) is 22.3 Å². The van der Waals surface area contributed by atoms with E-state index in [2.05, 4.69) is 236 Å². The fourth-order valence-electron chi connectivity index (χ4n) is 12.3. The summed E-state index contributed by atoms with van der Waals surface area (Å²) >= 11 is 0. The molecule has 0 bridgehead atoms. The second-order valence-electron chi connectivity index (χ2n) is 20.9. The van der Waals surface area contributed by atoms with E-state index in [1.165, 1.54) is 105 Å². The average molecular weight is 816 g/mol. The van der Waals surface area contributed by atoms with E-state index in [1.807, 2.05) is 0 Å². The van der Waals surface area contributed by atoms with E-state index in [0.717, 1.165) is 0 Å². The first kappa shape index (κ1) is 37.5. The van der Waals surface area contributed by atoms with Crippen molar-refractivity contribution in [2.24, 2.45) is 0 Å². The molecule has 3 aliphatic heterocycles. The van der Waals surface area contributed by atoms with Crippen LogP contribution in [0.3, 0.4) is 0 Å². The largest absolute Gasteiger partial charge is 0.310 e.